The van der Waals surface area contributed by atoms with Gasteiger partial charge in [0.05, 0.1) is 11.8 Å². The number of amides is 2. The summed E-state index contributed by atoms with van der Waals surface area (Å²) < 4.78 is 0. The Bertz CT molecular complexity index is 560. The molecule has 4 unspecified atom stereocenters. The highest BCUT2D eigenvalue weighted by atomic mass is 127. The lowest BCUT2D eigenvalue weighted by atomic mass is 9.85. The van der Waals surface area contributed by atoms with Crippen LogP contribution in [0.15, 0.2) is 17.1 Å². The fourth-order valence-electron chi connectivity index (χ4n) is 4.24. The van der Waals surface area contributed by atoms with Gasteiger partial charge in [-0.1, -0.05) is 26.0 Å². The fraction of sp³-hybridized carbons (Fsp3) is 0.737. The van der Waals surface area contributed by atoms with Crippen molar-refractivity contribution >= 4 is 41.8 Å². The zero-order valence-electron chi connectivity index (χ0n) is 15.9. The predicted molar refractivity (Wildman–Crippen MR) is 113 cm³/mol. The SMILES string of the molecule is CCNC(=NCC(C)C)NCCCN1C(=O)C2C3C=CC(C3)C2C1=O.I. The number of nitrogens with one attached hydrogen (secondary N) is 2. The topological polar surface area (TPSA) is 73.8 Å². The van der Waals surface area contributed by atoms with Crippen molar-refractivity contribution in [3.05, 3.63) is 12.2 Å². The third kappa shape index (κ3) is 4.23. The smallest absolute Gasteiger partial charge is 0.233 e. The minimum absolute atomic E-state index is 0. The summed E-state index contributed by atoms with van der Waals surface area (Å²) in [5, 5.41) is 6.51. The molecule has 26 heavy (non-hydrogen) atoms. The van der Waals surface area contributed by atoms with Crippen molar-refractivity contribution in [3.8, 4) is 0 Å². The van der Waals surface area contributed by atoms with E-state index in [0.29, 0.717) is 19.0 Å². The molecule has 2 aliphatic carbocycles. The van der Waals surface area contributed by atoms with Gasteiger partial charge in [0, 0.05) is 26.2 Å². The highest BCUT2D eigenvalue weighted by Crippen LogP contribution is 2.52. The lowest BCUT2D eigenvalue weighted by Gasteiger charge is -2.18. The van der Waals surface area contributed by atoms with Gasteiger partial charge in [0.2, 0.25) is 11.8 Å². The summed E-state index contributed by atoms with van der Waals surface area (Å²) in [6.45, 7) is 9.09. The van der Waals surface area contributed by atoms with Crippen LogP contribution in [0.3, 0.4) is 0 Å². The van der Waals surface area contributed by atoms with Crippen LogP contribution in [0.5, 0.6) is 0 Å². The number of rotatable bonds is 7. The van der Waals surface area contributed by atoms with Crippen molar-refractivity contribution < 1.29 is 9.59 Å². The number of likely N-dealkylation sites (tertiary alicyclic amines) is 1. The van der Waals surface area contributed by atoms with E-state index in [1.165, 1.54) is 4.90 Å². The third-order valence-electron chi connectivity index (χ3n) is 5.37. The van der Waals surface area contributed by atoms with Crippen LogP contribution in [0.1, 0.15) is 33.6 Å². The van der Waals surface area contributed by atoms with E-state index in [0.717, 1.165) is 31.9 Å². The van der Waals surface area contributed by atoms with Crippen LogP contribution in [0, 0.1) is 29.6 Å². The fourth-order valence-corrected chi connectivity index (χ4v) is 4.24. The van der Waals surface area contributed by atoms with Gasteiger partial charge in [-0.2, -0.15) is 0 Å². The van der Waals surface area contributed by atoms with E-state index >= 15 is 0 Å². The summed E-state index contributed by atoms with van der Waals surface area (Å²) in [5.41, 5.74) is 0. The predicted octanol–water partition coefficient (Wildman–Crippen LogP) is 2.01. The van der Waals surface area contributed by atoms with Crippen LogP contribution in [-0.2, 0) is 9.59 Å². The Balaban J connectivity index is 0.00000243. The molecule has 1 saturated heterocycles. The summed E-state index contributed by atoms with van der Waals surface area (Å²) >= 11 is 0. The van der Waals surface area contributed by atoms with Crippen molar-refractivity contribution in [1.82, 2.24) is 15.5 Å². The number of fused-ring (bicyclic) bond motifs is 5. The second kappa shape index (κ2) is 9.19. The largest absolute Gasteiger partial charge is 0.357 e. The Hall–Kier alpha value is -1.12. The van der Waals surface area contributed by atoms with Gasteiger partial charge in [-0.05, 0) is 37.5 Å². The zero-order valence-corrected chi connectivity index (χ0v) is 18.2. The maximum Gasteiger partial charge on any atom is 0.233 e. The van der Waals surface area contributed by atoms with Gasteiger partial charge >= 0.3 is 0 Å². The number of hydrogen-bond acceptors (Lipinski definition) is 3. The Morgan fingerprint density at radius 3 is 2.35 bits per heavy atom. The Kier molecular flexibility index (Phi) is 7.49. The Labute approximate surface area is 173 Å². The van der Waals surface area contributed by atoms with Gasteiger partial charge in [0.15, 0.2) is 5.96 Å². The molecule has 1 heterocycles. The number of carbonyl (C=O) groups is 2. The van der Waals surface area contributed by atoms with Gasteiger partial charge in [0.25, 0.3) is 0 Å². The van der Waals surface area contributed by atoms with Crippen molar-refractivity contribution in [3.63, 3.8) is 0 Å². The number of imide groups is 1. The molecule has 3 aliphatic rings. The van der Waals surface area contributed by atoms with E-state index in [1.54, 1.807) is 0 Å². The van der Waals surface area contributed by atoms with Gasteiger partial charge in [-0.3, -0.25) is 19.5 Å². The average Bonchev–Trinajstić information content (AvgIpc) is 3.25. The first-order valence-electron chi connectivity index (χ1n) is 9.58. The number of nitrogens with zero attached hydrogens (tertiary/aromatic N) is 2. The zero-order chi connectivity index (χ0) is 18.0. The molecule has 1 aliphatic heterocycles. The molecule has 3 rings (SSSR count). The third-order valence-corrected chi connectivity index (χ3v) is 5.37. The molecule has 1 saturated carbocycles. The van der Waals surface area contributed by atoms with Crippen LogP contribution < -0.4 is 10.6 Å². The highest BCUT2D eigenvalue weighted by molar-refractivity contribution is 14.0. The van der Waals surface area contributed by atoms with Crippen molar-refractivity contribution in [1.29, 1.82) is 0 Å². The summed E-state index contributed by atoms with van der Waals surface area (Å²) in [5.74, 6) is 1.82. The minimum Gasteiger partial charge on any atom is -0.357 e. The minimum atomic E-state index is -0.0830. The second-order valence-corrected chi connectivity index (χ2v) is 7.72. The van der Waals surface area contributed by atoms with E-state index in [9.17, 15) is 9.59 Å². The van der Waals surface area contributed by atoms with E-state index in [2.05, 4.69) is 41.6 Å². The molecule has 2 fully saturated rings. The maximum absolute atomic E-state index is 12.6. The van der Waals surface area contributed by atoms with Gasteiger partial charge in [-0.15, -0.1) is 24.0 Å². The number of aliphatic imine (C=N–C) groups is 1. The molecule has 0 aromatic carbocycles. The molecule has 6 nitrogen and oxygen atoms in total. The molecule has 0 spiro atoms. The highest BCUT2D eigenvalue weighted by Gasteiger charge is 2.58. The van der Waals surface area contributed by atoms with Crippen LogP contribution in [0.2, 0.25) is 0 Å². The first-order chi connectivity index (χ1) is 12.0. The number of guanidine groups is 1. The van der Waals surface area contributed by atoms with Gasteiger partial charge in [0.1, 0.15) is 0 Å². The molecule has 2 amide bonds. The maximum atomic E-state index is 12.6. The normalized spacial score (nSPS) is 29.4. The van der Waals surface area contributed by atoms with Crippen molar-refractivity contribution in [2.24, 2.45) is 34.6 Å². The Morgan fingerprint density at radius 2 is 1.81 bits per heavy atom. The molecular formula is C19H31IN4O2. The number of allylic oxidation sites excluding steroid dienone is 2. The lowest BCUT2D eigenvalue weighted by molar-refractivity contribution is -0.140. The van der Waals surface area contributed by atoms with Crippen molar-refractivity contribution in [2.45, 2.75) is 33.6 Å². The number of hydrogen-bond donors (Lipinski definition) is 2. The van der Waals surface area contributed by atoms with Crippen LogP contribution in [0.4, 0.5) is 0 Å². The molecule has 2 bridgehead atoms. The van der Waals surface area contributed by atoms with Crippen LogP contribution in [0.25, 0.3) is 0 Å². The first kappa shape index (κ1) is 21.2. The molecular weight excluding hydrogens is 443 g/mol. The quantitative estimate of drug-likeness (QED) is 0.148. The molecule has 7 heteroatoms. The van der Waals surface area contributed by atoms with E-state index in [4.69, 9.17) is 0 Å². The Morgan fingerprint density at radius 1 is 1.19 bits per heavy atom. The number of carbonyl (C=O) groups excluding carboxylic acids is 2. The number of halogens is 1. The lowest BCUT2D eigenvalue weighted by Crippen LogP contribution is -2.40. The van der Waals surface area contributed by atoms with Crippen LogP contribution >= 0.6 is 24.0 Å². The molecule has 0 aromatic rings. The van der Waals surface area contributed by atoms with E-state index in [-0.39, 0.29) is 59.5 Å². The van der Waals surface area contributed by atoms with E-state index in [1.807, 2.05) is 6.92 Å². The second-order valence-electron chi connectivity index (χ2n) is 7.72. The summed E-state index contributed by atoms with van der Waals surface area (Å²) in [6.07, 6.45) is 6.00. The summed E-state index contributed by atoms with van der Waals surface area (Å²) in [7, 11) is 0. The standard InChI is InChI=1S/C19H30N4O2.HI/c1-4-20-19(22-11-12(2)3)21-8-5-9-23-17(24)15-13-6-7-14(10-13)16(15)18(23)25;/h6-7,12-16H,4-5,8-11H2,1-3H3,(H2,20,21,22);1H. The molecule has 146 valence electrons. The van der Waals surface area contributed by atoms with Crippen LogP contribution in [-0.4, -0.2) is 48.9 Å². The molecule has 0 radical (unpaired) electrons. The average molecular weight is 474 g/mol. The molecule has 4 atom stereocenters. The van der Waals surface area contributed by atoms with Gasteiger partial charge < -0.3 is 10.6 Å². The van der Waals surface area contributed by atoms with E-state index < -0.39 is 0 Å². The monoisotopic (exact) mass is 474 g/mol. The first-order valence-corrected chi connectivity index (χ1v) is 9.58. The summed E-state index contributed by atoms with van der Waals surface area (Å²) in [4.78, 5) is 31.2. The summed E-state index contributed by atoms with van der Waals surface area (Å²) in [6, 6.07) is 0. The molecule has 2 N–H and O–H groups in total. The molecule has 0 aromatic heterocycles. The van der Waals surface area contributed by atoms with Gasteiger partial charge in [-0.25, -0.2) is 0 Å². The van der Waals surface area contributed by atoms with Crippen molar-refractivity contribution in [2.75, 3.05) is 26.2 Å².